The monoisotopic (exact) mass is 1170 g/mol. The molecule has 3 atom stereocenters. The van der Waals surface area contributed by atoms with Gasteiger partial charge in [-0.05, 0) is 103 Å². The van der Waals surface area contributed by atoms with Gasteiger partial charge in [0.15, 0.2) is 0 Å². The number of amides is 1. The van der Waals surface area contributed by atoms with Gasteiger partial charge in [0.05, 0.1) is 39.9 Å². The summed E-state index contributed by atoms with van der Waals surface area (Å²) in [5, 5.41) is 14.1. The summed E-state index contributed by atoms with van der Waals surface area (Å²) >= 11 is 0. The van der Waals surface area contributed by atoms with E-state index in [4.69, 9.17) is 9.05 Å². The zero-order valence-corrected chi connectivity index (χ0v) is 55.0. The Kier molecular flexibility index (Phi) is 60.2. The largest absolute Gasteiger partial charge is 0.472 e. The molecule has 0 aromatic rings. The number of aliphatic hydroxyl groups excluding tert-OH is 1. The zero-order chi connectivity index (χ0) is 60.5. The van der Waals surface area contributed by atoms with Crippen molar-refractivity contribution in [2.24, 2.45) is 0 Å². The van der Waals surface area contributed by atoms with Gasteiger partial charge in [0.25, 0.3) is 0 Å². The Labute approximate surface area is 512 Å². The maximum absolute atomic E-state index is 13.0. The van der Waals surface area contributed by atoms with Crippen LogP contribution in [0.3, 0.4) is 0 Å². The number of likely N-dealkylation sites (N-methyl/N-ethyl adjacent to an activating group) is 1. The van der Waals surface area contributed by atoms with E-state index in [0.717, 1.165) is 128 Å². The average Bonchev–Trinajstić information content (AvgIpc) is 3.49. The molecular formula is C74H128N2O6P+. The minimum Gasteiger partial charge on any atom is -0.391 e. The molecule has 0 fully saturated rings. The van der Waals surface area contributed by atoms with Crippen molar-refractivity contribution in [3.63, 3.8) is 0 Å². The second-order valence-corrected chi connectivity index (χ2v) is 24.9. The normalized spacial score (nSPS) is 14.6. The molecule has 3 N–H and O–H groups in total. The smallest absolute Gasteiger partial charge is 0.391 e. The minimum atomic E-state index is -4.35. The number of nitrogens with zero attached hydrogens (tertiary/aromatic N) is 1. The molecule has 0 radical (unpaired) electrons. The van der Waals surface area contributed by atoms with Crippen molar-refractivity contribution in [1.29, 1.82) is 0 Å². The molecule has 0 aliphatic rings. The number of allylic oxidation sites excluding steroid dienone is 24. The van der Waals surface area contributed by atoms with Crippen LogP contribution in [0, 0.1) is 0 Å². The number of nitrogens with one attached hydrogen (secondary N) is 1. The predicted molar refractivity (Wildman–Crippen MR) is 364 cm³/mol. The number of rotatable bonds is 60. The van der Waals surface area contributed by atoms with Crippen molar-refractivity contribution < 1.29 is 32.9 Å². The van der Waals surface area contributed by atoms with E-state index in [1.807, 2.05) is 21.1 Å². The van der Waals surface area contributed by atoms with Gasteiger partial charge in [0, 0.05) is 6.42 Å². The van der Waals surface area contributed by atoms with Crippen LogP contribution in [-0.2, 0) is 18.4 Å². The fourth-order valence-corrected chi connectivity index (χ4v) is 9.88. The molecule has 0 spiro atoms. The maximum Gasteiger partial charge on any atom is 0.472 e. The molecule has 0 aromatic carbocycles. The van der Waals surface area contributed by atoms with Crippen molar-refractivity contribution in [3.8, 4) is 0 Å². The van der Waals surface area contributed by atoms with Crippen molar-refractivity contribution in [2.45, 2.75) is 276 Å². The summed E-state index contributed by atoms with van der Waals surface area (Å²) in [5.74, 6) is -0.172. The summed E-state index contributed by atoms with van der Waals surface area (Å²) in [5.41, 5.74) is 0. The third-order valence-electron chi connectivity index (χ3n) is 14.4. The highest BCUT2D eigenvalue weighted by atomic mass is 31.2. The minimum absolute atomic E-state index is 0.0623. The molecule has 0 heterocycles. The fraction of sp³-hybridized carbons (Fsp3) is 0.662. The van der Waals surface area contributed by atoms with Crippen LogP contribution in [-0.4, -0.2) is 73.4 Å². The number of aliphatic hydroxyl groups is 1. The van der Waals surface area contributed by atoms with E-state index in [-0.39, 0.29) is 19.1 Å². The Morgan fingerprint density at radius 3 is 1.06 bits per heavy atom. The third kappa shape index (κ3) is 65.8. The Morgan fingerprint density at radius 2 is 0.723 bits per heavy atom. The Hall–Kier alpha value is -3.62. The quantitative estimate of drug-likeness (QED) is 0.0243. The number of carbonyl (C=O) groups excluding carboxylic acids is 1. The number of carbonyl (C=O) groups is 1. The van der Waals surface area contributed by atoms with E-state index < -0.39 is 20.0 Å². The van der Waals surface area contributed by atoms with Crippen LogP contribution in [0.1, 0.15) is 264 Å². The first-order valence-electron chi connectivity index (χ1n) is 33.7. The van der Waals surface area contributed by atoms with E-state index in [0.29, 0.717) is 23.9 Å². The Bertz CT molecular complexity index is 1860. The van der Waals surface area contributed by atoms with Gasteiger partial charge >= 0.3 is 7.82 Å². The summed E-state index contributed by atoms with van der Waals surface area (Å²) in [7, 11) is 1.58. The van der Waals surface area contributed by atoms with Crippen LogP contribution >= 0.6 is 7.82 Å². The highest BCUT2D eigenvalue weighted by Gasteiger charge is 2.28. The first-order chi connectivity index (χ1) is 40.5. The molecule has 0 aliphatic heterocycles. The molecule has 0 bridgehead atoms. The first-order valence-corrected chi connectivity index (χ1v) is 35.2. The van der Waals surface area contributed by atoms with Gasteiger partial charge in [-0.1, -0.05) is 301 Å². The predicted octanol–water partition coefficient (Wildman–Crippen LogP) is 21.6. The molecular weight excluding hydrogens is 1040 g/mol. The molecule has 0 saturated carbocycles. The Balaban J connectivity index is 4.18. The van der Waals surface area contributed by atoms with Gasteiger partial charge in [-0.15, -0.1) is 0 Å². The molecule has 1 amide bonds. The lowest BCUT2D eigenvalue weighted by atomic mass is 10.0. The van der Waals surface area contributed by atoms with E-state index in [1.54, 1.807) is 0 Å². The number of hydrogen-bond acceptors (Lipinski definition) is 5. The van der Waals surface area contributed by atoms with Crippen molar-refractivity contribution >= 4 is 13.7 Å². The van der Waals surface area contributed by atoms with Gasteiger partial charge < -0.3 is 19.8 Å². The topological polar surface area (TPSA) is 105 Å². The molecule has 0 saturated heterocycles. The first kappa shape index (κ1) is 79.4. The van der Waals surface area contributed by atoms with E-state index in [9.17, 15) is 19.4 Å². The SMILES string of the molecule is CC/C=C\C/C=C\C/C=C\C/C=C\C/C=C\C/C=C\C/C=C\C/C=C\C/C=C\C/C=C\C/C=C\C/C=C\CCCCCCC(=O)NC(COP(=O)(O)OCC[N+](C)(C)C)C(O)CCCCCCCCCCCCCCCCCCCCCC. The maximum atomic E-state index is 13.0. The van der Waals surface area contributed by atoms with Crippen molar-refractivity contribution in [3.05, 3.63) is 146 Å². The Morgan fingerprint density at radius 1 is 0.422 bits per heavy atom. The van der Waals surface area contributed by atoms with Gasteiger partial charge in [-0.3, -0.25) is 13.8 Å². The van der Waals surface area contributed by atoms with Crippen LogP contribution in [0.15, 0.2) is 146 Å². The van der Waals surface area contributed by atoms with E-state index in [1.165, 1.54) is 109 Å². The number of unbranched alkanes of at least 4 members (excludes halogenated alkanes) is 23. The highest BCUT2D eigenvalue weighted by Crippen LogP contribution is 2.43. The van der Waals surface area contributed by atoms with Crippen molar-refractivity contribution in [1.82, 2.24) is 5.32 Å². The second-order valence-electron chi connectivity index (χ2n) is 23.5. The van der Waals surface area contributed by atoms with Crippen LogP contribution in [0.25, 0.3) is 0 Å². The lowest BCUT2D eigenvalue weighted by Crippen LogP contribution is -2.46. The summed E-state index contributed by atoms with van der Waals surface area (Å²) in [6.07, 6.45) is 96.4. The van der Waals surface area contributed by atoms with Gasteiger partial charge in [0.1, 0.15) is 13.2 Å². The lowest BCUT2D eigenvalue weighted by Gasteiger charge is -2.26. The molecule has 3 unspecified atom stereocenters. The van der Waals surface area contributed by atoms with Gasteiger partial charge in [-0.2, -0.15) is 0 Å². The molecule has 8 nitrogen and oxygen atoms in total. The summed E-state index contributed by atoms with van der Waals surface area (Å²) in [4.78, 5) is 23.4. The second kappa shape index (κ2) is 62.9. The standard InChI is InChI=1S/C74H127N2O6P/c1-6-8-10-12-14-16-18-20-22-24-26-28-29-30-31-32-33-34-35-36-37-38-39-40-41-42-43-44-45-46-47-48-50-52-54-56-58-60-62-64-66-68-74(78)75-72(71-82-83(79,80)81-70-69-76(3,4)5)73(77)67-65-63-61-59-57-55-53-51-49-27-25-23-21-19-17-15-13-11-9-7-2/h8,10,14,16,20,22,26,28,30-31,33-34,36-37,39-40,42-43,45-46,48,50,54,56,72-73,77H,6-7,9,11-13,15,17-19,21,23-25,27,29,32,35,38,41,44,47,49,51-53,55,57-71H2,1-5H3,(H-,75,78,79,80)/p+1/b10-8-,16-14-,22-20-,28-26-,31-30-,34-33-,37-36-,40-39-,43-42-,46-45-,50-48-,56-54-. The summed E-state index contributed by atoms with van der Waals surface area (Å²) < 4.78 is 23.8. The van der Waals surface area contributed by atoms with Crippen LogP contribution in [0.2, 0.25) is 0 Å². The molecule has 9 heteroatoms. The molecule has 0 aromatic heterocycles. The van der Waals surface area contributed by atoms with E-state index >= 15 is 0 Å². The van der Waals surface area contributed by atoms with Crippen molar-refractivity contribution in [2.75, 3.05) is 40.9 Å². The average molecular weight is 1170 g/mol. The number of hydrogen-bond donors (Lipinski definition) is 3. The van der Waals surface area contributed by atoms with Crippen LogP contribution in [0.5, 0.6) is 0 Å². The third-order valence-corrected chi connectivity index (χ3v) is 15.3. The molecule has 0 rings (SSSR count). The fourth-order valence-electron chi connectivity index (χ4n) is 9.15. The number of quaternary nitrogens is 1. The molecule has 0 aliphatic carbocycles. The lowest BCUT2D eigenvalue weighted by molar-refractivity contribution is -0.870. The summed E-state index contributed by atoms with van der Waals surface area (Å²) in [6, 6.07) is -0.786. The number of phosphoric ester groups is 1. The zero-order valence-electron chi connectivity index (χ0n) is 54.1. The highest BCUT2D eigenvalue weighted by molar-refractivity contribution is 7.47. The number of phosphoric acid groups is 1. The molecule has 474 valence electrons. The summed E-state index contributed by atoms with van der Waals surface area (Å²) in [6.45, 7) is 4.76. The van der Waals surface area contributed by atoms with Crippen LogP contribution < -0.4 is 5.32 Å². The van der Waals surface area contributed by atoms with E-state index in [2.05, 4.69) is 165 Å². The molecule has 83 heavy (non-hydrogen) atoms. The van der Waals surface area contributed by atoms with Crippen LogP contribution in [0.4, 0.5) is 0 Å². The van der Waals surface area contributed by atoms with Gasteiger partial charge in [0.2, 0.25) is 5.91 Å². The van der Waals surface area contributed by atoms with Gasteiger partial charge in [-0.25, -0.2) is 4.57 Å².